The summed E-state index contributed by atoms with van der Waals surface area (Å²) in [4.78, 5) is 35.4. The fraction of sp³-hybridized carbons (Fsp3) is 0.342. The number of carboxylic acids is 1. The second-order valence-electron chi connectivity index (χ2n) is 12.9. The van der Waals surface area contributed by atoms with E-state index in [1.165, 1.54) is 19.2 Å². The predicted molar refractivity (Wildman–Crippen MR) is 193 cm³/mol. The van der Waals surface area contributed by atoms with Gasteiger partial charge in [-0.3, -0.25) is 14.5 Å². The van der Waals surface area contributed by atoms with E-state index in [-0.39, 0.29) is 11.9 Å². The molecule has 4 N–H and O–H groups in total. The van der Waals surface area contributed by atoms with Crippen LogP contribution in [0.2, 0.25) is 0 Å². The molecule has 3 aromatic carbocycles. The number of hydrogen-bond acceptors (Lipinski definition) is 9. The highest BCUT2D eigenvalue weighted by atomic mass is 16.5. The minimum absolute atomic E-state index is 0.0967. The smallest absolute Gasteiger partial charge is 0.300 e. The molecule has 1 amide bonds. The number of nitrogen functional groups attached to an aromatic ring is 1. The Morgan fingerprint density at radius 1 is 0.860 bits per heavy atom. The SMILES string of the molecule is CC(=O)O.CN1CCN([C@H]2CC[C@@H](n3nc(-c4ccc(Oc5ccc(CNC(=O)c6ccccc6)cc5)cc4)c4c(N)ncnc43)CC2)CC1. The Bertz CT molecular complexity index is 1880. The predicted octanol–water partition coefficient (Wildman–Crippen LogP) is 5.62. The maximum Gasteiger partial charge on any atom is 0.300 e. The largest absolute Gasteiger partial charge is 0.481 e. The van der Waals surface area contributed by atoms with Crippen molar-refractivity contribution in [2.45, 2.75) is 51.2 Å². The van der Waals surface area contributed by atoms with Crippen LogP contribution in [0.4, 0.5) is 5.82 Å². The number of anilines is 1. The van der Waals surface area contributed by atoms with Crippen molar-refractivity contribution in [3.63, 3.8) is 0 Å². The molecule has 2 fully saturated rings. The topological polar surface area (TPSA) is 152 Å². The first-order chi connectivity index (χ1) is 24.2. The number of hydrogen-bond donors (Lipinski definition) is 3. The van der Waals surface area contributed by atoms with Crippen molar-refractivity contribution < 1.29 is 19.4 Å². The standard InChI is InChI=1S/C36H40N8O2.C2H4O2/c1-42-19-21-43(22-20-42)28-11-13-29(14-12-28)44-35-32(34(37)39-24-40-35)33(41-44)26-9-17-31(18-10-26)46-30-15-7-25(8-16-30)23-38-36(45)27-5-3-2-4-6-27;1-2(3)4/h2-10,15-18,24,28-29H,11-14,19-23H2,1H3,(H,38,45)(H2,37,39,40);1H3,(H,3,4)/t28-,29+;. The molecule has 12 heteroatoms. The van der Waals surface area contributed by atoms with E-state index in [9.17, 15) is 4.79 Å². The molecule has 1 aliphatic carbocycles. The fourth-order valence-corrected chi connectivity index (χ4v) is 6.67. The van der Waals surface area contributed by atoms with E-state index in [1.807, 2.05) is 66.7 Å². The molecule has 1 saturated heterocycles. The Labute approximate surface area is 291 Å². The van der Waals surface area contributed by atoms with Crippen LogP contribution in [0.5, 0.6) is 11.5 Å². The summed E-state index contributed by atoms with van der Waals surface area (Å²) in [5.74, 6) is 0.938. The third-order valence-electron chi connectivity index (χ3n) is 9.36. The Hall–Kier alpha value is -5.33. The lowest BCUT2D eigenvalue weighted by atomic mass is 9.90. The zero-order chi connectivity index (χ0) is 35.0. The molecule has 0 radical (unpaired) electrons. The average molecular weight is 677 g/mol. The van der Waals surface area contributed by atoms with Crippen LogP contribution in [0.15, 0.2) is 85.2 Å². The van der Waals surface area contributed by atoms with Gasteiger partial charge in [0.1, 0.15) is 29.3 Å². The van der Waals surface area contributed by atoms with E-state index < -0.39 is 5.97 Å². The van der Waals surface area contributed by atoms with Crippen LogP contribution in [0.3, 0.4) is 0 Å². The molecule has 2 aromatic heterocycles. The number of nitrogens with zero attached hydrogens (tertiary/aromatic N) is 6. The first kappa shape index (κ1) is 34.5. The number of aromatic nitrogens is 4. The van der Waals surface area contributed by atoms with Crippen molar-refractivity contribution in [3.05, 3.63) is 96.3 Å². The van der Waals surface area contributed by atoms with Crippen molar-refractivity contribution in [2.75, 3.05) is 39.0 Å². The lowest BCUT2D eigenvalue weighted by molar-refractivity contribution is -0.134. The van der Waals surface area contributed by atoms with E-state index in [4.69, 9.17) is 25.5 Å². The number of benzene rings is 3. The number of amides is 1. The van der Waals surface area contributed by atoms with Crippen LogP contribution in [0, 0.1) is 0 Å². The van der Waals surface area contributed by atoms with Crippen molar-refractivity contribution in [1.82, 2.24) is 34.9 Å². The van der Waals surface area contributed by atoms with Gasteiger partial charge in [0.15, 0.2) is 5.65 Å². The van der Waals surface area contributed by atoms with Crippen molar-refractivity contribution in [2.24, 2.45) is 0 Å². The highest BCUT2D eigenvalue weighted by Crippen LogP contribution is 2.37. The van der Waals surface area contributed by atoms with Gasteiger partial charge in [-0.25, -0.2) is 14.6 Å². The van der Waals surface area contributed by atoms with E-state index >= 15 is 0 Å². The number of likely N-dealkylation sites (N-methyl/N-ethyl adjacent to an activating group) is 1. The maximum absolute atomic E-state index is 12.3. The third kappa shape index (κ3) is 8.44. The average Bonchev–Trinajstić information content (AvgIpc) is 3.53. The van der Waals surface area contributed by atoms with Crippen LogP contribution in [0.1, 0.15) is 54.6 Å². The number of piperazine rings is 1. The van der Waals surface area contributed by atoms with Gasteiger partial charge < -0.3 is 25.8 Å². The molecule has 1 aliphatic heterocycles. The third-order valence-corrected chi connectivity index (χ3v) is 9.36. The highest BCUT2D eigenvalue weighted by Gasteiger charge is 2.30. The Morgan fingerprint density at radius 3 is 2.10 bits per heavy atom. The number of nitrogens with one attached hydrogen (secondary N) is 1. The summed E-state index contributed by atoms with van der Waals surface area (Å²) in [6.45, 7) is 6.13. The number of carbonyl (C=O) groups excluding carboxylic acids is 1. The van der Waals surface area contributed by atoms with Crippen LogP contribution < -0.4 is 15.8 Å². The molecule has 260 valence electrons. The van der Waals surface area contributed by atoms with Gasteiger partial charge in [-0.15, -0.1) is 0 Å². The molecule has 0 bridgehead atoms. The van der Waals surface area contributed by atoms with Gasteiger partial charge >= 0.3 is 0 Å². The molecule has 1 saturated carbocycles. The summed E-state index contributed by atoms with van der Waals surface area (Å²) >= 11 is 0. The number of carbonyl (C=O) groups is 2. The summed E-state index contributed by atoms with van der Waals surface area (Å²) in [5, 5.41) is 16.3. The molecule has 5 aromatic rings. The first-order valence-electron chi connectivity index (χ1n) is 17.1. The molecular formula is C38H44N8O4. The number of rotatable bonds is 8. The molecule has 0 unspecified atom stereocenters. The Balaban J connectivity index is 0.00000103. The summed E-state index contributed by atoms with van der Waals surface area (Å²) in [7, 11) is 2.21. The molecule has 50 heavy (non-hydrogen) atoms. The summed E-state index contributed by atoms with van der Waals surface area (Å²) in [6, 6.07) is 25.7. The maximum atomic E-state index is 12.3. The van der Waals surface area contributed by atoms with Crippen molar-refractivity contribution >= 4 is 28.7 Å². The molecular weight excluding hydrogens is 632 g/mol. The first-order valence-corrected chi connectivity index (χ1v) is 17.1. The Kier molecular flexibility index (Phi) is 11.0. The molecule has 0 spiro atoms. The molecule has 12 nitrogen and oxygen atoms in total. The lowest BCUT2D eigenvalue weighted by Gasteiger charge is -2.41. The van der Waals surface area contributed by atoms with Gasteiger partial charge in [0.2, 0.25) is 0 Å². The molecule has 0 atom stereocenters. The lowest BCUT2D eigenvalue weighted by Crippen LogP contribution is -2.49. The van der Waals surface area contributed by atoms with E-state index in [0.29, 0.717) is 35.5 Å². The van der Waals surface area contributed by atoms with Gasteiger partial charge in [0.05, 0.1) is 11.4 Å². The van der Waals surface area contributed by atoms with E-state index in [2.05, 4.69) is 36.8 Å². The summed E-state index contributed by atoms with van der Waals surface area (Å²) in [5.41, 5.74) is 10.6. The molecule has 2 aliphatic rings. The molecule has 3 heterocycles. The second-order valence-corrected chi connectivity index (χ2v) is 12.9. The van der Waals surface area contributed by atoms with Crippen molar-refractivity contribution in [3.8, 4) is 22.8 Å². The van der Waals surface area contributed by atoms with Crippen LogP contribution in [-0.4, -0.2) is 85.8 Å². The zero-order valence-corrected chi connectivity index (χ0v) is 28.5. The fourth-order valence-electron chi connectivity index (χ4n) is 6.67. The van der Waals surface area contributed by atoms with Crippen LogP contribution >= 0.6 is 0 Å². The number of aliphatic carboxylic acids is 1. The number of fused-ring (bicyclic) bond motifs is 1. The number of ether oxygens (including phenoxy) is 1. The summed E-state index contributed by atoms with van der Waals surface area (Å²) in [6.07, 6.45) is 6.01. The van der Waals surface area contributed by atoms with E-state index in [1.54, 1.807) is 12.1 Å². The van der Waals surface area contributed by atoms with Gasteiger partial charge in [-0.1, -0.05) is 30.3 Å². The van der Waals surface area contributed by atoms with Gasteiger partial charge in [0.25, 0.3) is 11.9 Å². The quantitative estimate of drug-likeness (QED) is 0.189. The molecule has 7 rings (SSSR count). The van der Waals surface area contributed by atoms with Gasteiger partial charge in [-0.05, 0) is 86.8 Å². The van der Waals surface area contributed by atoms with Crippen LogP contribution in [0.25, 0.3) is 22.3 Å². The van der Waals surface area contributed by atoms with Crippen molar-refractivity contribution in [1.29, 1.82) is 0 Å². The van der Waals surface area contributed by atoms with Gasteiger partial charge in [-0.2, -0.15) is 5.10 Å². The number of carboxylic acid groups (broad SMARTS) is 1. The van der Waals surface area contributed by atoms with Gasteiger partial charge in [0, 0.05) is 56.8 Å². The van der Waals surface area contributed by atoms with Crippen LogP contribution in [-0.2, 0) is 11.3 Å². The Morgan fingerprint density at radius 2 is 1.46 bits per heavy atom. The monoisotopic (exact) mass is 676 g/mol. The highest BCUT2D eigenvalue weighted by molar-refractivity contribution is 5.98. The summed E-state index contributed by atoms with van der Waals surface area (Å²) < 4.78 is 8.22. The number of nitrogens with two attached hydrogens (primary N) is 1. The zero-order valence-electron chi connectivity index (χ0n) is 28.5. The second kappa shape index (κ2) is 15.9. The normalized spacial score (nSPS) is 18.2. The van der Waals surface area contributed by atoms with E-state index in [0.717, 1.165) is 73.8 Å². The minimum atomic E-state index is -0.833. The minimum Gasteiger partial charge on any atom is -0.481 e.